The zero-order valence-corrected chi connectivity index (χ0v) is 17.0. The van der Waals surface area contributed by atoms with Gasteiger partial charge in [-0.1, -0.05) is 29.8 Å². The first kappa shape index (κ1) is 19.1. The molecule has 31 heavy (non-hydrogen) atoms. The zero-order valence-electron chi connectivity index (χ0n) is 17.0. The van der Waals surface area contributed by atoms with Crippen LogP contribution in [0.3, 0.4) is 0 Å². The summed E-state index contributed by atoms with van der Waals surface area (Å²) in [5.74, 6) is 1.47. The van der Waals surface area contributed by atoms with Gasteiger partial charge in [-0.2, -0.15) is 0 Å². The fourth-order valence-corrected chi connectivity index (χ4v) is 3.30. The number of nitrogens with zero attached hydrogens (tertiary/aromatic N) is 6. The molecule has 2 heterocycles. The van der Waals surface area contributed by atoms with Crippen LogP contribution in [0.4, 0.5) is 5.69 Å². The molecule has 0 spiro atoms. The first-order valence-electron chi connectivity index (χ1n) is 10.2. The summed E-state index contributed by atoms with van der Waals surface area (Å²) in [6.07, 6.45) is 2.79. The normalized spacial score (nSPS) is 13.3. The molecule has 0 unspecified atom stereocenters. The topological polar surface area (TPSA) is 112 Å². The molecule has 0 saturated heterocycles. The Morgan fingerprint density at radius 2 is 1.94 bits per heavy atom. The number of amides is 1. The van der Waals surface area contributed by atoms with Crippen molar-refractivity contribution in [1.82, 2.24) is 30.4 Å². The number of hydrogen-bond donors (Lipinski definition) is 1. The standard InChI is InChI=1S/C22H21N7O2/c1-14-5-7-15(8-6-14)22-26-24-20(31-22)12-11-19(30)23-17-4-2-3-16(13-17)21-25-27-28-29(21)18-9-10-18/h2-8,13,18H,9-12H2,1H3,(H,23,30). The molecule has 2 aromatic heterocycles. The van der Waals surface area contributed by atoms with Gasteiger partial charge in [-0.15, -0.1) is 15.3 Å². The Hall–Kier alpha value is -3.88. The summed E-state index contributed by atoms with van der Waals surface area (Å²) in [4.78, 5) is 12.4. The van der Waals surface area contributed by atoms with Crippen LogP contribution < -0.4 is 5.32 Å². The average Bonchev–Trinajstić information content (AvgIpc) is 3.31. The van der Waals surface area contributed by atoms with Crippen molar-refractivity contribution in [2.24, 2.45) is 0 Å². The van der Waals surface area contributed by atoms with Gasteiger partial charge in [0.25, 0.3) is 0 Å². The molecule has 0 atom stereocenters. The maximum absolute atomic E-state index is 12.4. The number of benzene rings is 2. The molecule has 1 N–H and O–H groups in total. The molecule has 1 saturated carbocycles. The number of tetrazole rings is 1. The second kappa shape index (κ2) is 8.10. The van der Waals surface area contributed by atoms with Gasteiger partial charge in [0.05, 0.1) is 6.04 Å². The quantitative estimate of drug-likeness (QED) is 0.491. The van der Waals surface area contributed by atoms with Crippen LogP contribution in [0.2, 0.25) is 0 Å². The van der Waals surface area contributed by atoms with Crippen molar-refractivity contribution in [3.05, 3.63) is 60.0 Å². The van der Waals surface area contributed by atoms with E-state index in [0.29, 0.717) is 35.8 Å². The molecule has 5 rings (SSSR count). The summed E-state index contributed by atoms with van der Waals surface area (Å²) in [5.41, 5.74) is 3.58. The smallest absolute Gasteiger partial charge is 0.247 e. The third-order valence-corrected chi connectivity index (χ3v) is 5.12. The predicted molar refractivity (Wildman–Crippen MR) is 113 cm³/mol. The number of carbonyl (C=O) groups excluding carboxylic acids is 1. The molecular weight excluding hydrogens is 394 g/mol. The molecule has 0 radical (unpaired) electrons. The Kier molecular flexibility index (Phi) is 4.99. The van der Waals surface area contributed by atoms with E-state index >= 15 is 0 Å². The number of anilines is 1. The van der Waals surface area contributed by atoms with Crippen LogP contribution in [0.15, 0.2) is 52.9 Å². The van der Waals surface area contributed by atoms with Crippen molar-refractivity contribution in [3.63, 3.8) is 0 Å². The largest absolute Gasteiger partial charge is 0.421 e. The highest BCUT2D eigenvalue weighted by atomic mass is 16.4. The fraction of sp³-hybridized carbons (Fsp3) is 0.273. The number of nitrogens with one attached hydrogen (secondary N) is 1. The number of aryl methyl sites for hydroxylation is 2. The molecule has 1 fully saturated rings. The van der Waals surface area contributed by atoms with E-state index in [1.54, 1.807) is 0 Å². The number of carbonyl (C=O) groups is 1. The Bertz CT molecular complexity index is 1210. The second-order valence-corrected chi connectivity index (χ2v) is 7.67. The third kappa shape index (κ3) is 4.35. The first-order valence-corrected chi connectivity index (χ1v) is 10.2. The number of aromatic nitrogens is 6. The van der Waals surface area contributed by atoms with Gasteiger partial charge in [-0.25, -0.2) is 4.68 Å². The van der Waals surface area contributed by atoms with Gasteiger partial charge in [0.1, 0.15) is 0 Å². The summed E-state index contributed by atoms with van der Waals surface area (Å²) in [6, 6.07) is 15.8. The van der Waals surface area contributed by atoms with Gasteiger partial charge in [0.2, 0.25) is 17.7 Å². The monoisotopic (exact) mass is 415 g/mol. The molecular formula is C22H21N7O2. The van der Waals surface area contributed by atoms with E-state index in [2.05, 4.69) is 31.0 Å². The van der Waals surface area contributed by atoms with E-state index in [9.17, 15) is 4.79 Å². The summed E-state index contributed by atoms with van der Waals surface area (Å²) in [5, 5.41) is 23.1. The minimum absolute atomic E-state index is 0.131. The van der Waals surface area contributed by atoms with Crippen LogP contribution in [0, 0.1) is 6.92 Å². The summed E-state index contributed by atoms with van der Waals surface area (Å²) in [7, 11) is 0. The van der Waals surface area contributed by atoms with Gasteiger partial charge < -0.3 is 9.73 Å². The first-order chi connectivity index (χ1) is 15.2. The van der Waals surface area contributed by atoms with Crippen LogP contribution >= 0.6 is 0 Å². The molecule has 0 aliphatic heterocycles. The van der Waals surface area contributed by atoms with Gasteiger partial charge in [-0.05, 0) is 54.5 Å². The second-order valence-electron chi connectivity index (χ2n) is 7.67. The molecule has 1 amide bonds. The van der Waals surface area contributed by atoms with Crippen molar-refractivity contribution >= 4 is 11.6 Å². The molecule has 156 valence electrons. The van der Waals surface area contributed by atoms with Crippen LogP contribution in [0.1, 0.15) is 36.8 Å². The minimum Gasteiger partial charge on any atom is -0.421 e. The van der Waals surface area contributed by atoms with Crippen molar-refractivity contribution < 1.29 is 9.21 Å². The highest BCUT2D eigenvalue weighted by molar-refractivity contribution is 5.91. The zero-order chi connectivity index (χ0) is 21.2. The molecule has 9 nitrogen and oxygen atoms in total. The Morgan fingerprint density at radius 3 is 2.74 bits per heavy atom. The van der Waals surface area contributed by atoms with E-state index in [1.165, 1.54) is 0 Å². The predicted octanol–water partition coefficient (Wildman–Crippen LogP) is 3.60. The number of rotatable bonds is 7. The Labute approximate surface area is 178 Å². The van der Waals surface area contributed by atoms with Crippen LogP contribution in [-0.2, 0) is 11.2 Å². The van der Waals surface area contributed by atoms with E-state index in [-0.39, 0.29) is 12.3 Å². The summed E-state index contributed by atoms with van der Waals surface area (Å²) < 4.78 is 7.54. The Morgan fingerprint density at radius 1 is 1.10 bits per heavy atom. The van der Waals surface area contributed by atoms with Gasteiger partial charge in [0.15, 0.2) is 5.82 Å². The Balaban J connectivity index is 1.20. The highest BCUT2D eigenvalue weighted by Crippen LogP contribution is 2.36. The molecule has 2 aromatic carbocycles. The van der Waals surface area contributed by atoms with Crippen LogP contribution in [0.5, 0.6) is 0 Å². The van der Waals surface area contributed by atoms with Crippen molar-refractivity contribution in [2.75, 3.05) is 5.32 Å². The van der Waals surface area contributed by atoms with Crippen molar-refractivity contribution in [2.45, 2.75) is 38.6 Å². The average molecular weight is 415 g/mol. The minimum atomic E-state index is -0.131. The molecule has 1 aliphatic carbocycles. The fourth-order valence-electron chi connectivity index (χ4n) is 3.30. The van der Waals surface area contributed by atoms with Crippen LogP contribution in [-0.4, -0.2) is 36.3 Å². The van der Waals surface area contributed by atoms with Crippen LogP contribution in [0.25, 0.3) is 22.8 Å². The maximum Gasteiger partial charge on any atom is 0.247 e. The molecule has 9 heteroatoms. The highest BCUT2D eigenvalue weighted by Gasteiger charge is 2.28. The third-order valence-electron chi connectivity index (χ3n) is 5.12. The number of hydrogen-bond acceptors (Lipinski definition) is 7. The van der Waals surface area contributed by atoms with Gasteiger partial charge in [0, 0.05) is 29.7 Å². The lowest BCUT2D eigenvalue weighted by molar-refractivity contribution is -0.116. The van der Waals surface area contributed by atoms with Crippen molar-refractivity contribution in [1.29, 1.82) is 0 Å². The maximum atomic E-state index is 12.4. The van der Waals surface area contributed by atoms with E-state index < -0.39 is 0 Å². The van der Waals surface area contributed by atoms with E-state index in [0.717, 1.165) is 29.5 Å². The van der Waals surface area contributed by atoms with Gasteiger partial charge in [-0.3, -0.25) is 4.79 Å². The SMILES string of the molecule is Cc1ccc(-c2nnc(CCC(=O)Nc3cccc(-c4nnnn4C4CC4)c3)o2)cc1. The lowest BCUT2D eigenvalue weighted by atomic mass is 10.1. The lowest BCUT2D eigenvalue weighted by Crippen LogP contribution is -2.12. The molecule has 4 aromatic rings. The lowest BCUT2D eigenvalue weighted by Gasteiger charge is -2.07. The molecule has 1 aliphatic rings. The summed E-state index contributed by atoms with van der Waals surface area (Å²) >= 11 is 0. The molecule has 0 bridgehead atoms. The van der Waals surface area contributed by atoms with E-state index in [4.69, 9.17) is 4.42 Å². The van der Waals surface area contributed by atoms with Crippen molar-refractivity contribution in [3.8, 4) is 22.8 Å². The van der Waals surface area contributed by atoms with Gasteiger partial charge >= 0.3 is 0 Å². The van der Waals surface area contributed by atoms with E-state index in [1.807, 2.05) is 60.1 Å². The summed E-state index contributed by atoms with van der Waals surface area (Å²) in [6.45, 7) is 2.02.